The smallest absolute Gasteiger partial charge is 0.192 e. The number of benzene rings is 2. The first-order chi connectivity index (χ1) is 22.6. The number of hydrogen-bond donors (Lipinski definition) is 0. The van der Waals surface area contributed by atoms with Crippen LogP contribution in [0.5, 0.6) is 0 Å². The topological polar surface area (TPSA) is 34.1 Å². The predicted octanol–water partition coefficient (Wildman–Crippen LogP) is 13.4. The van der Waals surface area contributed by atoms with E-state index in [1.165, 1.54) is 11.1 Å². The van der Waals surface area contributed by atoms with E-state index >= 15 is 9.59 Å². The van der Waals surface area contributed by atoms with Crippen LogP contribution in [0.25, 0.3) is 0 Å². The molecule has 2 aromatic rings. The molecule has 0 aliphatic carbocycles. The molecule has 2 aromatic carbocycles. The van der Waals surface area contributed by atoms with E-state index in [0.29, 0.717) is 41.7 Å². The molecule has 3 heteroatoms. The van der Waals surface area contributed by atoms with Gasteiger partial charge in [-0.15, -0.1) is 0 Å². The Morgan fingerprint density at radius 1 is 0.490 bits per heavy atom. The van der Waals surface area contributed by atoms with Crippen molar-refractivity contribution in [1.82, 2.24) is 0 Å². The number of carbonyl (C=O) groups is 2. The fraction of sp³-hybridized carbons (Fsp3) is 0.696. The average molecular weight is 691 g/mol. The van der Waals surface area contributed by atoms with Crippen LogP contribution >= 0.6 is 7.92 Å². The molecular formula is C46H75O2P. The Labute approximate surface area is 305 Å². The molecule has 0 bridgehead atoms. The molecule has 0 aromatic heterocycles. The third-order valence-electron chi connectivity index (χ3n) is 8.90. The highest BCUT2D eigenvalue weighted by Crippen LogP contribution is 2.49. The first kappa shape index (κ1) is 43.4. The van der Waals surface area contributed by atoms with E-state index in [1.807, 2.05) is 0 Å². The van der Waals surface area contributed by atoms with Crippen LogP contribution in [0.3, 0.4) is 0 Å². The Hall–Kier alpha value is -1.79. The second kappa shape index (κ2) is 19.2. The zero-order valence-electron chi connectivity index (χ0n) is 34.8. The molecule has 0 saturated carbocycles. The molecule has 2 rings (SSSR count). The van der Waals surface area contributed by atoms with Gasteiger partial charge in [-0.2, -0.15) is 0 Å². The molecule has 0 spiro atoms. The standard InChI is InChI=1S/C46H75O2P/c1-29(2)17-36-23-38(19-31(5)6)42(39(24-36)20-32(7)8)44(47)49(28-35(13)27-46(14,15)16)45(48)43-40(21-33(9)10)25-37(18-30(3)4)26-41(43)22-34(11)12/h23-26,29-35H,17-22,27-28H2,1-16H3. The van der Waals surface area contributed by atoms with Crippen molar-refractivity contribution in [2.24, 2.45) is 46.8 Å². The van der Waals surface area contributed by atoms with E-state index in [1.54, 1.807) is 0 Å². The third kappa shape index (κ3) is 14.4. The molecule has 49 heavy (non-hydrogen) atoms. The lowest BCUT2D eigenvalue weighted by Gasteiger charge is -2.29. The third-order valence-corrected chi connectivity index (χ3v) is 11.3. The molecule has 1 unspecified atom stereocenters. The van der Waals surface area contributed by atoms with Crippen molar-refractivity contribution in [3.05, 3.63) is 68.8 Å². The van der Waals surface area contributed by atoms with Gasteiger partial charge in [0.1, 0.15) is 0 Å². The molecule has 0 heterocycles. The summed E-state index contributed by atoms with van der Waals surface area (Å²) in [7, 11) is -1.62. The van der Waals surface area contributed by atoms with Crippen LogP contribution in [0, 0.1) is 46.8 Å². The van der Waals surface area contributed by atoms with Crippen LogP contribution in [0.15, 0.2) is 24.3 Å². The van der Waals surface area contributed by atoms with Crippen molar-refractivity contribution in [2.75, 3.05) is 6.16 Å². The molecule has 0 amide bonds. The highest BCUT2D eigenvalue weighted by atomic mass is 31.1. The van der Waals surface area contributed by atoms with E-state index in [9.17, 15) is 0 Å². The Balaban J connectivity index is 2.98. The maximum Gasteiger partial charge on any atom is 0.192 e. The summed E-state index contributed by atoms with van der Waals surface area (Å²) in [6.45, 7) is 36.2. The summed E-state index contributed by atoms with van der Waals surface area (Å²) in [6.07, 6.45) is 7.06. The van der Waals surface area contributed by atoms with E-state index in [2.05, 4.69) is 135 Å². The quantitative estimate of drug-likeness (QED) is 0.138. The van der Waals surface area contributed by atoms with Gasteiger partial charge >= 0.3 is 0 Å². The Morgan fingerprint density at radius 2 is 0.755 bits per heavy atom. The summed E-state index contributed by atoms with van der Waals surface area (Å²) in [5.74, 6) is 3.00. The molecule has 2 nitrogen and oxygen atoms in total. The zero-order chi connectivity index (χ0) is 37.4. The fourth-order valence-corrected chi connectivity index (χ4v) is 10.1. The van der Waals surface area contributed by atoms with Gasteiger partial charge in [-0.3, -0.25) is 9.59 Å². The Bertz CT molecular complexity index is 1210. The van der Waals surface area contributed by atoms with Crippen LogP contribution in [0.2, 0.25) is 0 Å². The van der Waals surface area contributed by atoms with Crippen molar-refractivity contribution in [1.29, 1.82) is 0 Å². The van der Waals surface area contributed by atoms with Gasteiger partial charge < -0.3 is 0 Å². The van der Waals surface area contributed by atoms with Gasteiger partial charge in [0.25, 0.3) is 0 Å². The molecule has 0 fully saturated rings. The summed E-state index contributed by atoms with van der Waals surface area (Å²) in [6, 6.07) is 9.29. The van der Waals surface area contributed by atoms with Gasteiger partial charge in [0, 0.05) is 19.0 Å². The second-order valence-electron chi connectivity index (χ2n) is 19.3. The highest BCUT2D eigenvalue weighted by molar-refractivity contribution is 7.90. The normalized spacial score (nSPS) is 13.3. The molecule has 0 saturated heterocycles. The summed E-state index contributed by atoms with van der Waals surface area (Å²) in [5.41, 5.74) is 9.44. The molecule has 0 aliphatic rings. The minimum atomic E-state index is -1.62. The van der Waals surface area contributed by atoms with Crippen molar-refractivity contribution in [2.45, 2.75) is 156 Å². The first-order valence-electron chi connectivity index (χ1n) is 19.7. The van der Waals surface area contributed by atoms with E-state index < -0.39 is 7.92 Å². The van der Waals surface area contributed by atoms with Gasteiger partial charge in [0.05, 0.1) is 0 Å². The predicted molar refractivity (Wildman–Crippen MR) is 218 cm³/mol. The van der Waals surface area contributed by atoms with Crippen molar-refractivity contribution >= 4 is 19.0 Å². The molecule has 276 valence electrons. The minimum Gasteiger partial charge on any atom is -0.289 e. The lowest BCUT2D eigenvalue weighted by Crippen LogP contribution is -2.22. The summed E-state index contributed by atoms with van der Waals surface area (Å²) >= 11 is 0. The lowest BCUT2D eigenvalue weighted by molar-refractivity contribution is 0.104. The van der Waals surface area contributed by atoms with E-state index in [4.69, 9.17) is 0 Å². The monoisotopic (exact) mass is 691 g/mol. The maximum atomic E-state index is 15.5. The SMILES string of the molecule is CC(C)Cc1cc(CC(C)C)c(C(=O)P(CC(C)CC(C)(C)C)C(=O)c2c(CC(C)C)cc(CC(C)C)cc2CC(C)C)c(CC(C)C)c1. The average Bonchev–Trinajstić information content (AvgIpc) is 2.88. The Kier molecular flexibility index (Phi) is 17.0. The minimum absolute atomic E-state index is 0.125. The van der Waals surface area contributed by atoms with E-state index in [0.717, 1.165) is 78.3 Å². The maximum absolute atomic E-state index is 15.5. The number of carbonyl (C=O) groups excluding carboxylic acids is 2. The van der Waals surface area contributed by atoms with Crippen LogP contribution < -0.4 is 0 Å². The molecular weight excluding hydrogens is 615 g/mol. The second-order valence-corrected chi connectivity index (χ2v) is 21.3. The van der Waals surface area contributed by atoms with Crippen molar-refractivity contribution in [3.63, 3.8) is 0 Å². The van der Waals surface area contributed by atoms with Crippen LogP contribution in [-0.4, -0.2) is 17.2 Å². The van der Waals surface area contributed by atoms with Crippen LogP contribution in [-0.2, 0) is 38.5 Å². The summed E-state index contributed by atoms with van der Waals surface area (Å²) in [4.78, 5) is 31.0. The first-order valence-corrected chi connectivity index (χ1v) is 21.3. The van der Waals surface area contributed by atoms with Gasteiger partial charge in [-0.1, -0.05) is 135 Å². The zero-order valence-corrected chi connectivity index (χ0v) is 35.7. The Morgan fingerprint density at radius 3 is 0.980 bits per heavy atom. The van der Waals surface area contributed by atoms with E-state index in [-0.39, 0.29) is 22.4 Å². The van der Waals surface area contributed by atoms with Crippen LogP contribution in [0.1, 0.15) is 171 Å². The largest absolute Gasteiger partial charge is 0.289 e. The van der Waals surface area contributed by atoms with Gasteiger partial charge in [-0.05, 0) is 131 Å². The molecule has 1 atom stereocenters. The fourth-order valence-electron chi connectivity index (χ4n) is 7.76. The molecule has 0 radical (unpaired) electrons. The van der Waals surface area contributed by atoms with Gasteiger partial charge in [-0.25, -0.2) is 0 Å². The van der Waals surface area contributed by atoms with Gasteiger partial charge in [0.15, 0.2) is 11.0 Å². The molecule has 0 aliphatic heterocycles. The number of rotatable bonds is 19. The molecule has 0 N–H and O–H groups in total. The highest BCUT2D eigenvalue weighted by Gasteiger charge is 2.36. The number of hydrogen-bond acceptors (Lipinski definition) is 2. The van der Waals surface area contributed by atoms with Gasteiger partial charge in [0.2, 0.25) is 0 Å². The summed E-state index contributed by atoms with van der Waals surface area (Å²) in [5, 5.41) is 0. The van der Waals surface area contributed by atoms with Crippen LogP contribution in [0.4, 0.5) is 0 Å². The lowest BCUT2D eigenvalue weighted by atomic mass is 9.86. The van der Waals surface area contributed by atoms with Crippen molar-refractivity contribution in [3.8, 4) is 0 Å². The summed E-state index contributed by atoms with van der Waals surface area (Å²) < 4.78 is 0. The van der Waals surface area contributed by atoms with Crippen molar-refractivity contribution < 1.29 is 9.59 Å².